The molecular weight excluding hydrogens is 454 g/mol. The van der Waals surface area contributed by atoms with Crippen molar-refractivity contribution in [3.8, 4) is 0 Å². The van der Waals surface area contributed by atoms with Gasteiger partial charge in [0.1, 0.15) is 22.9 Å². The van der Waals surface area contributed by atoms with Crippen molar-refractivity contribution in [2.24, 2.45) is 5.92 Å². The molecule has 3 rings (SSSR count). The standard InChI is InChI=1S/C21H27N3O6S2/c1-6-24(7-2)32(28,29)21-18(25)13(10-31-21)22-16-17(20(27)19(16)26)23-15(11(3)4)14-9-8-12(5)30-14/h8-11,15,21-23H,6-7H2,1-5H3/t15-,21?/m1/s1. The Bertz CT molecular complexity index is 1220. The summed E-state index contributed by atoms with van der Waals surface area (Å²) in [7, 11) is -3.85. The second-order valence-electron chi connectivity index (χ2n) is 7.84. The first-order chi connectivity index (χ1) is 15.0. The maximum atomic E-state index is 12.8. The van der Waals surface area contributed by atoms with Crippen molar-refractivity contribution in [2.45, 2.75) is 45.2 Å². The summed E-state index contributed by atoms with van der Waals surface area (Å²) in [6.45, 7) is 9.59. The van der Waals surface area contributed by atoms with E-state index in [0.29, 0.717) is 5.76 Å². The summed E-state index contributed by atoms with van der Waals surface area (Å²) in [6, 6.07) is 3.24. The number of rotatable bonds is 10. The van der Waals surface area contributed by atoms with Crippen LogP contribution in [0, 0.1) is 12.8 Å². The van der Waals surface area contributed by atoms with Gasteiger partial charge in [0, 0.05) is 13.1 Å². The third-order valence-electron chi connectivity index (χ3n) is 5.33. The molecule has 0 radical (unpaired) electrons. The number of anilines is 2. The molecule has 2 N–H and O–H groups in total. The second kappa shape index (κ2) is 9.24. The van der Waals surface area contributed by atoms with Gasteiger partial charge in [-0.1, -0.05) is 27.7 Å². The molecule has 0 bridgehead atoms. The van der Waals surface area contributed by atoms with E-state index >= 15 is 0 Å². The van der Waals surface area contributed by atoms with Gasteiger partial charge >= 0.3 is 0 Å². The number of hydrogen-bond donors (Lipinski definition) is 2. The highest BCUT2D eigenvalue weighted by Crippen LogP contribution is 2.35. The Morgan fingerprint density at radius 1 is 1.09 bits per heavy atom. The predicted octanol–water partition coefficient (Wildman–Crippen LogP) is 2.56. The summed E-state index contributed by atoms with van der Waals surface area (Å²) in [5.74, 6) is 0.718. The van der Waals surface area contributed by atoms with Gasteiger partial charge in [0.25, 0.3) is 10.9 Å². The van der Waals surface area contributed by atoms with Crippen LogP contribution in [0.25, 0.3) is 0 Å². The molecule has 1 aliphatic rings. The highest BCUT2D eigenvalue weighted by atomic mass is 32.3. The van der Waals surface area contributed by atoms with Crippen LogP contribution in [0.15, 0.2) is 37.2 Å². The highest BCUT2D eigenvalue weighted by molar-refractivity contribution is 8.16. The molecule has 174 valence electrons. The molecule has 32 heavy (non-hydrogen) atoms. The molecule has 1 aromatic heterocycles. The molecule has 2 atom stereocenters. The number of allylic oxidation sites excluding steroid dienone is 1. The first-order valence-electron chi connectivity index (χ1n) is 10.3. The average molecular weight is 482 g/mol. The van der Waals surface area contributed by atoms with Crippen molar-refractivity contribution in [1.82, 2.24) is 4.31 Å². The quantitative estimate of drug-likeness (QED) is 0.492. The fourth-order valence-electron chi connectivity index (χ4n) is 3.52. The van der Waals surface area contributed by atoms with Crippen molar-refractivity contribution in [1.29, 1.82) is 0 Å². The molecule has 2 aromatic rings. The van der Waals surface area contributed by atoms with Crippen LogP contribution in [0.5, 0.6) is 0 Å². The number of hydrogen-bond acceptors (Lipinski definition) is 9. The lowest BCUT2D eigenvalue weighted by atomic mass is 10.0. The molecule has 1 unspecified atom stereocenters. The first-order valence-corrected chi connectivity index (χ1v) is 12.8. The van der Waals surface area contributed by atoms with Gasteiger partial charge < -0.3 is 15.1 Å². The molecular formula is C21H27N3O6S2. The van der Waals surface area contributed by atoms with Gasteiger partial charge in [0.2, 0.25) is 15.8 Å². The number of carbonyl (C=O) groups is 1. The van der Waals surface area contributed by atoms with E-state index in [2.05, 4.69) is 10.6 Å². The molecule has 0 fully saturated rings. The van der Waals surface area contributed by atoms with Gasteiger partial charge in [0.15, 0.2) is 4.58 Å². The van der Waals surface area contributed by atoms with E-state index < -0.39 is 31.2 Å². The predicted molar refractivity (Wildman–Crippen MR) is 126 cm³/mol. The zero-order valence-electron chi connectivity index (χ0n) is 18.6. The van der Waals surface area contributed by atoms with Gasteiger partial charge in [-0.25, -0.2) is 12.7 Å². The number of nitrogens with one attached hydrogen (secondary N) is 2. The Labute approximate surface area is 191 Å². The van der Waals surface area contributed by atoms with E-state index in [1.165, 1.54) is 9.71 Å². The van der Waals surface area contributed by atoms with Crippen LogP contribution in [0.3, 0.4) is 0 Å². The van der Waals surface area contributed by atoms with E-state index in [0.717, 1.165) is 17.5 Å². The number of Topliss-reactive ketones (excluding diaryl/α,β-unsaturated/α-hetero) is 1. The minimum Gasteiger partial charge on any atom is -0.464 e. The number of ketones is 1. The Hall–Kier alpha value is -2.37. The zero-order valence-corrected chi connectivity index (χ0v) is 20.2. The Morgan fingerprint density at radius 3 is 2.25 bits per heavy atom. The summed E-state index contributed by atoms with van der Waals surface area (Å²) < 4.78 is 31.1. The number of nitrogens with zero attached hydrogens (tertiary/aromatic N) is 1. The maximum absolute atomic E-state index is 12.8. The number of furan rings is 1. The van der Waals surface area contributed by atoms with Crippen LogP contribution >= 0.6 is 11.8 Å². The van der Waals surface area contributed by atoms with E-state index in [1.54, 1.807) is 19.9 Å². The van der Waals surface area contributed by atoms with Crippen molar-refractivity contribution in [2.75, 3.05) is 23.7 Å². The summed E-state index contributed by atoms with van der Waals surface area (Å²) in [4.78, 5) is 37.3. The zero-order chi connectivity index (χ0) is 23.8. The average Bonchev–Trinajstić information content (AvgIpc) is 3.33. The number of carbonyl (C=O) groups excluding carboxylic acids is 1. The second-order valence-corrected chi connectivity index (χ2v) is 11.1. The number of sulfonamides is 1. The van der Waals surface area contributed by atoms with Gasteiger partial charge in [-0.15, -0.1) is 11.8 Å². The number of thioether (sulfide) groups is 1. The molecule has 0 amide bonds. The summed E-state index contributed by atoms with van der Waals surface area (Å²) in [6.07, 6.45) is 0. The Balaban J connectivity index is 1.82. The van der Waals surface area contributed by atoms with Gasteiger partial charge in [-0.2, -0.15) is 0 Å². The lowest BCUT2D eigenvalue weighted by Crippen LogP contribution is -2.41. The third-order valence-corrected chi connectivity index (χ3v) is 9.22. The summed E-state index contributed by atoms with van der Waals surface area (Å²) in [5, 5.41) is 7.14. The van der Waals surface area contributed by atoms with Gasteiger partial charge in [-0.3, -0.25) is 14.4 Å². The van der Waals surface area contributed by atoms with E-state index in [4.69, 9.17) is 4.42 Å². The molecule has 2 heterocycles. The summed E-state index contributed by atoms with van der Waals surface area (Å²) in [5.41, 5.74) is -1.49. The van der Waals surface area contributed by atoms with Crippen LogP contribution in [0.2, 0.25) is 0 Å². The lowest BCUT2D eigenvalue weighted by molar-refractivity contribution is -0.113. The molecule has 11 heteroatoms. The normalized spacial score (nSPS) is 17.9. The molecule has 0 spiro atoms. The van der Waals surface area contributed by atoms with Crippen LogP contribution in [0.1, 0.15) is 45.3 Å². The summed E-state index contributed by atoms with van der Waals surface area (Å²) >= 11 is 0.865. The Kier molecular flexibility index (Phi) is 7.01. The minimum absolute atomic E-state index is 0.0270. The van der Waals surface area contributed by atoms with Crippen LogP contribution in [0.4, 0.5) is 11.4 Å². The van der Waals surface area contributed by atoms with Crippen molar-refractivity contribution < 1.29 is 17.6 Å². The fraction of sp³-hybridized carbons (Fsp3) is 0.476. The smallest absolute Gasteiger partial charge is 0.253 e. The minimum atomic E-state index is -3.85. The topological polar surface area (TPSA) is 126 Å². The van der Waals surface area contributed by atoms with Crippen molar-refractivity contribution in [3.05, 3.63) is 55.2 Å². The first kappa shape index (κ1) is 24.3. The van der Waals surface area contributed by atoms with Crippen LogP contribution < -0.4 is 21.5 Å². The van der Waals surface area contributed by atoms with Crippen molar-refractivity contribution in [3.63, 3.8) is 0 Å². The van der Waals surface area contributed by atoms with E-state index in [9.17, 15) is 22.8 Å². The Morgan fingerprint density at radius 2 is 1.72 bits per heavy atom. The van der Waals surface area contributed by atoms with Gasteiger partial charge in [-0.05, 0) is 30.4 Å². The SMILES string of the molecule is CCN(CC)S(=O)(=O)C1SC=C(Nc2c(N[C@@H](c3ccc(C)o3)C(C)C)c(=O)c2=O)C1=O. The monoisotopic (exact) mass is 481 g/mol. The van der Waals surface area contributed by atoms with E-state index in [1.807, 2.05) is 26.8 Å². The largest absolute Gasteiger partial charge is 0.464 e. The number of aryl methyl sites for hydroxylation is 1. The molecule has 0 aliphatic carbocycles. The molecule has 1 aromatic carbocycles. The maximum Gasteiger partial charge on any atom is 0.253 e. The third kappa shape index (κ3) is 4.28. The fourth-order valence-corrected chi connectivity index (χ4v) is 6.68. The van der Waals surface area contributed by atoms with E-state index in [-0.39, 0.29) is 42.1 Å². The highest BCUT2D eigenvalue weighted by Gasteiger charge is 2.42. The van der Waals surface area contributed by atoms with Crippen LogP contribution in [-0.2, 0) is 14.8 Å². The molecule has 9 nitrogen and oxygen atoms in total. The lowest BCUT2D eigenvalue weighted by Gasteiger charge is -2.24. The molecule has 0 saturated carbocycles. The van der Waals surface area contributed by atoms with Crippen LogP contribution in [-0.4, -0.2) is 36.2 Å². The molecule has 0 saturated heterocycles. The molecule has 1 aliphatic heterocycles. The van der Waals surface area contributed by atoms with Crippen molar-refractivity contribution >= 4 is 38.9 Å². The van der Waals surface area contributed by atoms with Gasteiger partial charge in [0.05, 0.1) is 11.7 Å².